The Labute approximate surface area is 166 Å². The van der Waals surface area contributed by atoms with E-state index in [4.69, 9.17) is 0 Å². The highest BCUT2D eigenvalue weighted by atomic mass is 79.9. The molecule has 0 unspecified atom stereocenters. The predicted octanol–water partition coefficient (Wildman–Crippen LogP) is 7.11. The van der Waals surface area contributed by atoms with Crippen molar-refractivity contribution in [1.82, 2.24) is 9.97 Å². The number of nitrogens with one attached hydrogen (secondary N) is 1. The Balaban J connectivity index is 1.83. The van der Waals surface area contributed by atoms with Gasteiger partial charge in [-0.25, -0.2) is 9.78 Å². The summed E-state index contributed by atoms with van der Waals surface area (Å²) < 4.78 is 0.877. The lowest BCUT2D eigenvalue weighted by Gasteiger charge is -2.04. The maximum Gasteiger partial charge on any atom is 0.345 e. The molecule has 0 aliphatic rings. The predicted molar refractivity (Wildman–Crippen MR) is 114 cm³/mol. The van der Waals surface area contributed by atoms with Gasteiger partial charge in [0.05, 0.1) is 9.50 Å². The van der Waals surface area contributed by atoms with E-state index < -0.39 is 0 Å². The number of thioether (sulfide) groups is 1. The van der Waals surface area contributed by atoms with Gasteiger partial charge in [0, 0.05) is 6.20 Å². The lowest BCUT2D eigenvalue weighted by atomic mass is 10.0. The van der Waals surface area contributed by atoms with Gasteiger partial charge in [0.1, 0.15) is 0 Å². The number of H-pyrrole nitrogens is 1. The molecule has 0 saturated heterocycles. The van der Waals surface area contributed by atoms with Crippen LogP contribution in [0.3, 0.4) is 0 Å². The molecule has 0 fully saturated rings. The minimum atomic E-state index is -0.272. The van der Waals surface area contributed by atoms with Gasteiger partial charge in [-0.1, -0.05) is 90.4 Å². The summed E-state index contributed by atoms with van der Waals surface area (Å²) in [6.45, 7) is 2.28. The number of hydrogen-bond acceptors (Lipinski definition) is 3. The van der Waals surface area contributed by atoms with Crippen molar-refractivity contribution in [3.8, 4) is 0 Å². The van der Waals surface area contributed by atoms with Crippen LogP contribution in [0.5, 0.6) is 0 Å². The Kier molecular flexibility index (Phi) is 14.5. The summed E-state index contributed by atoms with van der Waals surface area (Å²) in [6, 6.07) is 0. The molecule has 0 saturated carbocycles. The number of unbranched alkanes of at least 4 members (excludes halogenated alkanes) is 13. The Bertz CT molecular complexity index is 493. The molecule has 25 heavy (non-hydrogen) atoms. The first-order chi connectivity index (χ1) is 12.2. The topological polar surface area (TPSA) is 45.8 Å². The molecule has 5 heteroatoms. The van der Waals surface area contributed by atoms with E-state index in [9.17, 15) is 4.79 Å². The van der Waals surface area contributed by atoms with E-state index in [1.807, 2.05) is 0 Å². The molecule has 1 rings (SSSR count). The minimum absolute atomic E-state index is 0.272. The van der Waals surface area contributed by atoms with E-state index in [0.29, 0.717) is 0 Å². The molecular weight excluding hydrogens is 396 g/mol. The quantitative estimate of drug-likeness (QED) is 0.172. The molecule has 0 amide bonds. The molecule has 0 spiro atoms. The van der Waals surface area contributed by atoms with Crippen molar-refractivity contribution < 1.29 is 0 Å². The summed E-state index contributed by atoms with van der Waals surface area (Å²) in [4.78, 5) is 17.7. The Morgan fingerprint density at radius 1 is 0.880 bits per heavy atom. The smallest absolute Gasteiger partial charge is 0.299 e. The van der Waals surface area contributed by atoms with E-state index in [2.05, 4.69) is 32.8 Å². The number of nitrogens with zero attached hydrogens (tertiary/aromatic N) is 1. The summed E-state index contributed by atoms with van der Waals surface area (Å²) in [6.07, 6.45) is 21.0. The second-order valence-corrected chi connectivity index (χ2v) is 8.77. The van der Waals surface area contributed by atoms with Crippen LogP contribution in [0.2, 0.25) is 0 Å². The van der Waals surface area contributed by atoms with E-state index in [0.717, 1.165) is 15.3 Å². The number of aromatic amines is 1. The zero-order chi connectivity index (χ0) is 18.2. The van der Waals surface area contributed by atoms with Gasteiger partial charge >= 0.3 is 5.69 Å². The monoisotopic (exact) mass is 430 g/mol. The average molecular weight is 431 g/mol. The van der Waals surface area contributed by atoms with Crippen molar-refractivity contribution in [1.29, 1.82) is 0 Å². The first-order valence-corrected chi connectivity index (χ1v) is 11.9. The van der Waals surface area contributed by atoms with Gasteiger partial charge < -0.3 is 0 Å². The van der Waals surface area contributed by atoms with Gasteiger partial charge in [-0.2, -0.15) is 0 Å². The third-order valence-electron chi connectivity index (χ3n) is 4.48. The van der Waals surface area contributed by atoms with Crippen LogP contribution in [0, 0.1) is 0 Å². The highest BCUT2D eigenvalue weighted by Crippen LogP contribution is 2.24. The third kappa shape index (κ3) is 12.7. The fraction of sp³-hybridized carbons (Fsp3) is 0.800. The fourth-order valence-corrected chi connectivity index (χ4v) is 4.39. The van der Waals surface area contributed by atoms with Crippen LogP contribution in [0.1, 0.15) is 96.8 Å². The van der Waals surface area contributed by atoms with Crippen LogP contribution in [0.4, 0.5) is 0 Å². The van der Waals surface area contributed by atoms with E-state index in [-0.39, 0.29) is 5.69 Å². The fourth-order valence-electron chi connectivity index (χ4n) is 2.94. The zero-order valence-electron chi connectivity index (χ0n) is 15.8. The van der Waals surface area contributed by atoms with Crippen molar-refractivity contribution in [2.75, 3.05) is 5.75 Å². The molecule has 3 nitrogen and oxygen atoms in total. The first kappa shape index (κ1) is 22.8. The molecule has 0 aromatic carbocycles. The third-order valence-corrected chi connectivity index (χ3v) is 6.44. The SMILES string of the molecule is CCCCCCCCCCCCCCCCSc1[nH]c(=O)ncc1Br. The standard InChI is InChI=1S/C20H35BrN2OS/c1-2-3-4-5-6-7-8-9-10-11-12-13-14-15-16-25-19-18(21)17-22-20(24)23-19/h17H,2-16H2,1H3,(H,22,23,24). The van der Waals surface area contributed by atoms with Crippen molar-refractivity contribution in [2.24, 2.45) is 0 Å². The molecule has 0 aliphatic heterocycles. The molecular formula is C20H35BrN2OS. The second-order valence-electron chi connectivity index (χ2n) is 6.81. The first-order valence-electron chi connectivity index (χ1n) is 10.1. The van der Waals surface area contributed by atoms with Crippen LogP contribution >= 0.6 is 27.7 Å². The summed E-state index contributed by atoms with van der Waals surface area (Å²) >= 11 is 5.12. The Hall–Kier alpha value is -0.290. The summed E-state index contributed by atoms with van der Waals surface area (Å²) in [5, 5.41) is 0.898. The molecule has 144 valence electrons. The van der Waals surface area contributed by atoms with Gasteiger partial charge in [-0.05, 0) is 28.1 Å². The van der Waals surface area contributed by atoms with Gasteiger partial charge in [-0.3, -0.25) is 4.98 Å². The maximum absolute atomic E-state index is 11.2. The van der Waals surface area contributed by atoms with Crippen LogP contribution in [-0.4, -0.2) is 15.7 Å². The van der Waals surface area contributed by atoms with Gasteiger partial charge in [-0.15, -0.1) is 11.8 Å². The highest BCUT2D eigenvalue weighted by Gasteiger charge is 2.02. The average Bonchev–Trinajstić information content (AvgIpc) is 2.61. The normalized spacial score (nSPS) is 11.1. The number of halogens is 1. The van der Waals surface area contributed by atoms with Crippen molar-refractivity contribution in [3.63, 3.8) is 0 Å². The molecule has 1 aromatic heterocycles. The number of hydrogen-bond donors (Lipinski definition) is 1. The molecule has 0 atom stereocenters. The number of rotatable bonds is 16. The lowest BCUT2D eigenvalue weighted by Crippen LogP contribution is -2.10. The largest absolute Gasteiger partial charge is 0.345 e. The van der Waals surface area contributed by atoms with E-state index in [1.54, 1.807) is 18.0 Å². The Morgan fingerprint density at radius 2 is 1.36 bits per heavy atom. The summed E-state index contributed by atoms with van der Waals surface area (Å²) in [7, 11) is 0. The van der Waals surface area contributed by atoms with Crippen LogP contribution < -0.4 is 5.69 Å². The zero-order valence-corrected chi connectivity index (χ0v) is 18.2. The second kappa shape index (κ2) is 15.9. The molecule has 0 aliphatic carbocycles. The molecule has 1 heterocycles. The van der Waals surface area contributed by atoms with Gasteiger partial charge in [0.15, 0.2) is 0 Å². The summed E-state index contributed by atoms with van der Waals surface area (Å²) in [5.41, 5.74) is -0.272. The molecule has 1 aromatic rings. The minimum Gasteiger partial charge on any atom is -0.299 e. The van der Waals surface area contributed by atoms with Crippen LogP contribution in [-0.2, 0) is 0 Å². The molecule has 1 N–H and O–H groups in total. The summed E-state index contributed by atoms with van der Waals surface area (Å²) in [5.74, 6) is 1.05. The van der Waals surface area contributed by atoms with E-state index >= 15 is 0 Å². The Morgan fingerprint density at radius 3 is 1.88 bits per heavy atom. The molecule has 0 radical (unpaired) electrons. The maximum atomic E-state index is 11.2. The van der Waals surface area contributed by atoms with Crippen LogP contribution in [0.25, 0.3) is 0 Å². The van der Waals surface area contributed by atoms with Crippen molar-refractivity contribution in [2.45, 2.75) is 102 Å². The van der Waals surface area contributed by atoms with E-state index in [1.165, 1.54) is 89.9 Å². The van der Waals surface area contributed by atoms with Crippen molar-refractivity contribution >= 4 is 27.7 Å². The van der Waals surface area contributed by atoms with Gasteiger partial charge in [0.25, 0.3) is 0 Å². The van der Waals surface area contributed by atoms with Crippen LogP contribution in [0.15, 0.2) is 20.5 Å². The number of aromatic nitrogens is 2. The van der Waals surface area contributed by atoms with Gasteiger partial charge in [0.2, 0.25) is 0 Å². The lowest BCUT2D eigenvalue weighted by molar-refractivity contribution is 0.538. The highest BCUT2D eigenvalue weighted by molar-refractivity contribution is 9.10. The van der Waals surface area contributed by atoms with Crippen molar-refractivity contribution in [3.05, 3.63) is 21.2 Å². The molecule has 0 bridgehead atoms.